The number of anilines is 6. The van der Waals surface area contributed by atoms with Crippen molar-refractivity contribution in [3.63, 3.8) is 0 Å². The third-order valence-electron chi connectivity index (χ3n) is 14.3. The van der Waals surface area contributed by atoms with Crippen molar-refractivity contribution in [2.75, 3.05) is 108 Å². The Morgan fingerprint density at radius 1 is 0.611 bits per heavy atom. The second-order valence-electron chi connectivity index (χ2n) is 18.7. The van der Waals surface area contributed by atoms with Gasteiger partial charge in [0.2, 0.25) is 34.4 Å². The normalized spacial score (nSPS) is 24.9. The lowest BCUT2D eigenvalue weighted by atomic mass is 9.84. The molecule has 0 amide bonds. The Bertz CT molecular complexity index is 2230. The SMILES string of the molecule is C.C.CCC1CCCN1CNc1nc(Nc2ccc(OC)c(Cl)c2)nc(NC2CN3CCC2CC3)n1.CCN1CCCC1CN.COc1ccc(Nc2nc(Cl)nc(Cl)n2)cc1Cl.NC1CN2CCC1CC2. The molecular weight excluding hydrogens is 998 g/mol. The van der Waals surface area contributed by atoms with Crippen LogP contribution in [0.1, 0.15) is 86.5 Å². The molecule has 4 atom stereocenters. The number of benzene rings is 2. The highest BCUT2D eigenvalue weighted by molar-refractivity contribution is 6.33. The lowest BCUT2D eigenvalue weighted by Crippen LogP contribution is -2.54. The summed E-state index contributed by atoms with van der Waals surface area (Å²) in [6.45, 7) is 16.8. The average molecular weight is 1080 g/mol. The van der Waals surface area contributed by atoms with E-state index in [2.05, 4.69) is 74.7 Å². The molecule has 0 spiro atoms. The van der Waals surface area contributed by atoms with Crippen LogP contribution < -0.4 is 42.2 Å². The Morgan fingerprint density at radius 3 is 1.57 bits per heavy atom. The van der Waals surface area contributed by atoms with Gasteiger partial charge >= 0.3 is 0 Å². The molecule has 8 aliphatic heterocycles. The highest BCUT2D eigenvalue weighted by atomic mass is 35.5. The number of likely N-dealkylation sites (N-methyl/N-ethyl adjacent to an activating group) is 1. The number of nitrogens with one attached hydrogen (secondary N) is 4. The quantitative estimate of drug-likeness (QED) is 0.0695. The Balaban J connectivity index is 0.000000209. The zero-order chi connectivity index (χ0) is 49.6. The maximum absolute atomic E-state index is 6.32. The summed E-state index contributed by atoms with van der Waals surface area (Å²) in [4.78, 5) is 35.4. The molecule has 2 aromatic carbocycles. The lowest BCUT2D eigenvalue weighted by molar-refractivity contribution is 0.0896. The first-order chi connectivity index (χ1) is 33.9. The van der Waals surface area contributed by atoms with Gasteiger partial charge in [-0.15, -0.1) is 0 Å². The number of ether oxygens (including phenoxy) is 2. The number of hydrogen-bond acceptors (Lipinski definition) is 18. The van der Waals surface area contributed by atoms with Crippen molar-refractivity contribution in [2.45, 2.75) is 111 Å². The van der Waals surface area contributed by atoms with Gasteiger partial charge in [0, 0.05) is 61.7 Å². The van der Waals surface area contributed by atoms with Crippen molar-refractivity contribution in [2.24, 2.45) is 23.3 Å². The van der Waals surface area contributed by atoms with Gasteiger partial charge in [0.15, 0.2) is 0 Å². The van der Waals surface area contributed by atoms with Gasteiger partial charge in [-0.25, -0.2) is 0 Å². The standard InChI is InChI=1S/C24H35ClN8O.C10H7Cl3N4O.C7H14N2.C7H16N2.2CH4/c1-3-18-5-4-10-33(18)15-26-22-29-23(27-17-6-7-21(34-2)19(25)13-17)31-24(30-22)28-20-14-32-11-8-16(20)9-12-32;1-18-7-3-2-5(4-6(7)11)14-10-16-8(12)15-9(13)17-10;8-7-5-9-3-1-6(7)2-4-9;1-2-9-5-3-4-7(9)6-8;;/h6-7,13,16,18,20H,3-5,8-12,14-15H2,1-2H3,(H3,26,27,28,29,30,31);2-4H,1H3,(H,14,15,16,17);6-7H,1-5,8H2;7H,2-6,8H2,1H3;2*1H4. The van der Waals surface area contributed by atoms with Crippen LogP contribution in [0.2, 0.25) is 20.6 Å². The number of hydrogen-bond donors (Lipinski definition) is 6. The summed E-state index contributed by atoms with van der Waals surface area (Å²) in [6.07, 6.45) is 11.5. The van der Waals surface area contributed by atoms with E-state index in [0.717, 1.165) is 50.9 Å². The fourth-order valence-electron chi connectivity index (χ4n) is 10.3. The van der Waals surface area contributed by atoms with E-state index in [1.165, 1.54) is 90.6 Å². The molecule has 0 radical (unpaired) electrons. The smallest absolute Gasteiger partial charge is 0.233 e. The molecule has 18 nitrogen and oxygen atoms in total. The van der Waals surface area contributed by atoms with Gasteiger partial charge in [0.05, 0.1) is 30.9 Å². The number of methoxy groups -OCH3 is 2. The van der Waals surface area contributed by atoms with Crippen molar-refractivity contribution in [3.8, 4) is 11.5 Å². The summed E-state index contributed by atoms with van der Waals surface area (Å²) in [7, 11) is 3.15. The number of fused-ring (bicyclic) bond motifs is 6. The van der Waals surface area contributed by atoms with Gasteiger partial charge < -0.3 is 52.0 Å². The van der Waals surface area contributed by atoms with Crippen LogP contribution in [0.5, 0.6) is 11.5 Å². The molecule has 22 heteroatoms. The largest absolute Gasteiger partial charge is 0.495 e. The highest BCUT2D eigenvalue weighted by Gasteiger charge is 2.35. The second-order valence-corrected chi connectivity index (χ2v) is 20.1. The molecular formula is C50H80Cl4N16O2. The maximum atomic E-state index is 6.32. The van der Waals surface area contributed by atoms with Crippen molar-refractivity contribution in [1.82, 2.24) is 49.5 Å². The van der Waals surface area contributed by atoms with Crippen LogP contribution in [0.25, 0.3) is 0 Å². The van der Waals surface area contributed by atoms with Crippen molar-refractivity contribution in [3.05, 3.63) is 57.0 Å². The minimum Gasteiger partial charge on any atom is -0.495 e. The second kappa shape index (κ2) is 29.3. The molecule has 8 N–H and O–H groups in total. The van der Waals surface area contributed by atoms with Crippen LogP contribution in [0, 0.1) is 11.8 Å². The van der Waals surface area contributed by atoms with Gasteiger partial charge in [0.25, 0.3) is 0 Å². The highest BCUT2D eigenvalue weighted by Crippen LogP contribution is 2.32. The van der Waals surface area contributed by atoms with Crippen LogP contribution in [0.15, 0.2) is 36.4 Å². The predicted octanol–water partition coefficient (Wildman–Crippen LogP) is 9.35. The first-order valence-corrected chi connectivity index (χ1v) is 26.4. The molecule has 8 aliphatic rings. The average Bonchev–Trinajstić information content (AvgIpc) is 4.04. The number of aromatic nitrogens is 6. The molecule has 4 bridgehead atoms. The monoisotopic (exact) mass is 1080 g/mol. The predicted molar refractivity (Wildman–Crippen MR) is 297 cm³/mol. The first-order valence-electron chi connectivity index (χ1n) is 24.9. The number of rotatable bonds is 14. The molecule has 8 saturated heterocycles. The molecule has 8 fully saturated rings. The van der Waals surface area contributed by atoms with Crippen LogP contribution in [0.3, 0.4) is 0 Å². The summed E-state index contributed by atoms with van der Waals surface area (Å²) in [6, 6.07) is 12.9. The van der Waals surface area contributed by atoms with Crippen LogP contribution >= 0.6 is 46.4 Å². The number of nitrogens with two attached hydrogens (primary N) is 2. The van der Waals surface area contributed by atoms with Crippen molar-refractivity contribution >= 4 is 81.6 Å². The summed E-state index contributed by atoms with van der Waals surface area (Å²) in [5.41, 5.74) is 12.9. The van der Waals surface area contributed by atoms with Crippen LogP contribution in [0.4, 0.5) is 35.2 Å². The summed E-state index contributed by atoms with van der Waals surface area (Å²) in [5.74, 6) is 4.63. The van der Waals surface area contributed by atoms with E-state index in [0.29, 0.717) is 75.2 Å². The molecule has 10 heterocycles. The lowest BCUT2D eigenvalue weighted by Gasteiger charge is -2.44. The molecule has 4 aromatic rings. The maximum Gasteiger partial charge on any atom is 0.233 e. The van der Waals surface area contributed by atoms with Gasteiger partial charge in [-0.05, 0) is 168 Å². The molecule has 400 valence electrons. The zero-order valence-corrected chi connectivity index (χ0v) is 44.0. The third-order valence-corrected chi connectivity index (χ3v) is 15.2. The van der Waals surface area contributed by atoms with Gasteiger partial charge in [-0.1, -0.05) is 51.9 Å². The zero-order valence-electron chi connectivity index (χ0n) is 41.0. The molecule has 0 saturated carbocycles. The molecule has 12 rings (SSSR count). The van der Waals surface area contributed by atoms with E-state index >= 15 is 0 Å². The van der Waals surface area contributed by atoms with E-state index in [4.69, 9.17) is 77.3 Å². The first kappa shape index (κ1) is 59.1. The van der Waals surface area contributed by atoms with E-state index < -0.39 is 0 Å². The molecule has 4 unspecified atom stereocenters. The Labute approximate surface area is 448 Å². The van der Waals surface area contributed by atoms with E-state index in [1.807, 2.05) is 18.2 Å². The van der Waals surface area contributed by atoms with E-state index in [1.54, 1.807) is 32.4 Å². The van der Waals surface area contributed by atoms with E-state index in [9.17, 15) is 0 Å². The Hall–Kier alpha value is -3.82. The number of likely N-dealkylation sites (tertiary alicyclic amines) is 2. The fraction of sp³-hybridized carbons (Fsp3) is 0.640. The fourth-order valence-corrected chi connectivity index (χ4v) is 11.2. The molecule has 0 aliphatic carbocycles. The Morgan fingerprint density at radius 2 is 1.12 bits per heavy atom. The molecule has 72 heavy (non-hydrogen) atoms. The van der Waals surface area contributed by atoms with Gasteiger partial charge in [0.1, 0.15) is 11.5 Å². The van der Waals surface area contributed by atoms with Crippen molar-refractivity contribution in [1.29, 1.82) is 0 Å². The van der Waals surface area contributed by atoms with Crippen LogP contribution in [-0.4, -0.2) is 160 Å². The Kier molecular flexibility index (Phi) is 24.0. The minimum atomic E-state index is 0. The summed E-state index contributed by atoms with van der Waals surface area (Å²) < 4.78 is 10.3. The summed E-state index contributed by atoms with van der Waals surface area (Å²) in [5, 5.41) is 14.3. The topological polar surface area (TPSA) is 209 Å². The number of piperidine rings is 6. The minimum absolute atomic E-state index is 0. The van der Waals surface area contributed by atoms with Gasteiger partial charge in [-0.3, -0.25) is 9.80 Å². The summed E-state index contributed by atoms with van der Waals surface area (Å²) >= 11 is 23.6. The molecule has 2 aromatic heterocycles. The third kappa shape index (κ3) is 16.8. The number of halogens is 4. The van der Waals surface area contributed by atoms with Crippen LogP contribution in [-0.2, 0) is 0 Å². The van der Waals surface area contributed by atoms with Crippen molar-refractivity contribution < 1.29 is 9.47 Å². The van der Waals surface area contributed by atoms with Gasteiger partial charge in [-0.2, -0.15) is 29.9 Å². The van der Waals surface area contributed by atoms with E-state index in [-0.39, 0.29) is 31.4 Å². The number of nitrogens with zero attached hydrogens (tertiary/aromatic N) is 10.